The molecule has 0 radical (unpaired) electrons. The lowest BCUT2D eigenvalue weighted by Crippen LogP contribution is -2.30. The molecule has 166 valence electrons. The van der Waals surface area contributed by atoms with Crippen molar-refractivity contribution >= 4 is 11.8 Å². The zero-order valence-electron chi connectivity index (χ0n) is 18.2. The van der Waals surface area contributed by atoms with E-state index in [1.807, 2.05) is 60.0 Å². The van der Waals surface area contributed by atoms with Gasteiger partial charge in [0.2, 0.25) is 0 Å². The van der Waals surface area contributed by atoms with Crippen molar-refractivity contribution in [1.29, 1.82) is 0 Å². The molecule has 32 heavy (non-hydrogen) atoms. The second-order valence-corrected chi connectivity index (χ2v) is 7.77. The molecule has 2 N–H and O–H groups in total. The average Bonchev–Trinajstić information content (AvgIpc) is 3.23. The summed E-state index contributed by atoms with van der Waals surface area (Å²) in [6.45, 7) is 3.88. The molecular formula is C25H28N4O3. The highest BCUT2D eigenvalue weighted by molar-refractivity contribution is 6.00. The number of benzene rings is 1. The fourth-order valence-electron chi connectivity index (χ4n) is 3.99. The Morgan fingerprint density at radius 2 is 1.94 bits per heavy atom. The quantitative estimate of drug-likeness (QED) is 0.572. The van der Waals surface area contributed by atoms with Gasteiger partial charge in [-0.25, -0.2) is 0 Å². The van der Waals surface area contributed by atoms with Crippen molar-refractivity contribution in [3.05, 3.63) is 89.0 Å². The molecule has 1 aliphatic rings. The van der Waals surface area contributed by atoms with Crippen molar-refractivity contribution in [2.24, 2.45) is 0 Å². The molecule has 1 atom stereocenters. The standard InChI is InChI=1S/C25H28N4O3/c1-2-21(18-8-4-3-5-9-18)28-24(30)20-16-22(29-14-15-32-17-23(20)29)25(31)27-13-11-19-10-6-7-12-26-19/h3-10,12,16,21H,2,11,13-15,17H2,1H3,(H,27,31)(H,28,30). The molecule has 0 spiro atoms. The van der Waals surface area contributed by atoms with Gasteiger partial charge in [-0.2, -0.15) is 0 Å². The number of carbonyl (C=O) groups is 2. The van der Waals surface area contributed by atoms with Crippen LogP contribution in [0.5, 0.6) is 0 Å². The second-order valence-electron chi connectivity index (χ2n) is 7.77. The number of rotatable bonds is 8. The van der Waals surface area contributed by atoms with E-state index in [4.69, 9.17) is 4.74 Å². The molecule has 1 aromatic carbocycles. The van der Waals surface area contributed by atoms with E-state index >= 15 is 0 Å². The molecule has 2 amide bonds. The maximum atomic E-state index is 13.2. The summed E-state index contributed by atoms with van der Waals surface area (Å²) >= 11 is 0. The first-order valence-electron chi connectivity index (χ1n) is 11.0. The Hall–Kier alpha value is -3.45. The molecule has 0 bridgehead atoms. The highest BCUT2D eigenvalue weighted by atomic mass is 16.5. The lowest BCUT2D eigenvalue weighted by Gasteiger charge is -2.20. The van der Waals surface area contributed by atoms with Gasteiger partial charge in [0.05, 0.1) is 30.5 Å². The van der Waals surface area contributed by atoms with E-state index < -0.39 is 0 Å². The van der Waals surface area contributed by atoms with Gasteiger partial charge in [-0.3, -0.25) is 14.6 Å². The minimum Gasteiger partial charge on any atom is -0.373 e. The number of hydrogen-bond acceptors (Lipinski definition) is 4. The number of amides is 2. The number of aromatic nitrogens is 2. The molecule has 1 unspecified atom stereocenters. The summed E-state index contributed by atoms with van der Waals surface area (Å²) < 4.78 is 7.49. The maximum Gasteiger partial charge on any atom is 0.267 e. The van der Waals surface area contributed by atoms with Gasteiger partial charge >= 0.3 is 0 Å². The SMILES string of the molecule is CCC(NC(=O)c1cc(C(=O)NCCc2ccccn2)n2c1COCC2)c1ccccc1. The van der Waals surface area contributed by atoms with Crippen LogP contribution in [-0.2, 0) is 24.3 Å². The minimum atomic E-state index is -0.196. The third-order valence-corrected chi connectivity index (χ3v) is 5.69. The van der Waals surface area contributed by atoms with E-state index in [1.54, 1.807) is 12.3 Å². The molecule has 7 nitrogen and oxygen atoms in total. The molecule has 0 fully saturated rings. The van der Waals surface area contributed by atoms with Crippen molar-refractivity contribution in [3.8, 4) is 0 Å². The first-order chi connectivity index (χ1) is 15.7. The summed E-state index contributed by atoms with van der Waals surface area (Å²) in [7, 11) is 0. The third kappa shape index (κ3) is 4.89. The Balaban J connectivity index is 1.49. The van der Waals surface area contributed by atoms with Crippen LogP contribution in [0.1, 0.15) is 57.2 Å². The number of nitrogens with one attached hydrogen (secondary N) is 2. The van der Waals surface area contributed by atoms with E-state index in [0.717, 1.165) is 23.4 Å². The lowest BCUT2D eigenvalue weighted by molar-refractivity contribution is 0.0777. The van der Waals surface area contributed by atoms with E-state index in [1.165, 1.54) is 0 Å². The van der Waals surface area contributed by atoms with E-state index in [-0.39, 0.29) is 17.9 Å². The molecule has 3 aromatic rings. The highest BCUT2D eigenvalue weighted by Crippen LogP contribution is 2.23. The van der Waals surface area contributed by atoms with Crippen molar-refractivity contribution < 1.29 is 14.3 Å². The van der Waals surface area contributed by atoms with Crippen molar-refractivity contribution in [2.75, 3.05) is 13.2 Å². The number of fused-ring (bicyclic) bond motifs is 1. The molecule has 1 aliphatic heterocycles. The van der Waals surface area contributed by atoms with Crippen molar-refractivity contribution in [3.63, 3.8) is 0 Å². The normalized spacial score (nSPS) is 13.8. The molecule has 0 saturated carbocycles. The van der Waals surface area contributed by atoms with Crippen LogP contribution < -0.4 is 10.6 Å². The van der Waals surface area contributed by atoms with Crippen LogP contribution in [0, 0.1) is 0 Å². The average molecular weight is 433 g/mol. The first-order valence-corrected chi connectivity index (χ1v) is 11.0. The van der Waals surface area contributed by atoms with Gasteiger partial charge in [0.1, 0.15) is 5.69 Å². The summed E-state index contributed by atoms with van der Waals surface area (Å²) in [6, 6.07) is 17.2. The van der Waals surface area contributed by atoms with Crippen LogP contribution in [0.3, 0.4) is 0 Å². The number of carbonyl (C=O) groups excluding carboxylic acids is 2. The lowest BCUT2D eigenvalue weighted by atomic mass is 10.0. The van der Waals surface area contributed by atoms with Gasteiger partial charge in [-0.1, -0.05) is 43.3 Å². The topological polar surface area (TPSA) is 85.3 Å². The molecule has 4 rings (SSSR count). The Bertz CT molecular complexity index is 1060. The minimum absolute atomic E-state index is 0.0978. The fourth-order valence-corrected chi connectivity index (χ4v) is 3.99. The predicted molar refractivity (Wildman–Crippen MR) is 121 cm³/mol. The van der Waals surface area contributed by atoms with Crippen molar-refractivity contribution in [2.45, 2.75) is 39.0 Å². The zero-order valence-corrected chi connectivity index (χ0v) is 18.2. The fraction of sp³-hybridized carbons (Fsp3) is 0.320. The Labute approximate surface area is 187 Å². The van der Waals surface area contributed by atoms with Gasteiger partial charge in [-0.05, 0) is 30.2 Å². The number of pyridine rings is 1. The van der Waals surface area contributed by atoms with Crippen molar-refractivity contribution in [1.82, 2.24) is 20.2 Å². The summed E-state index contributed by atoms with van der Waals surface area (Å²) in [5, 5.41) is 6.07. The molecule has 0 saturated heterocycles. The molecule has 3 heterocycles. The van der Waals surface area contributed by atoms with Gasteiger partial charge in [0.25, 0.3) is 11.8 Å². The molecule has 7 heteroatoms. The Kier molecular flexibility index (Phi) is 6.97. The predicted octanol–water partition coefficient (Wildman–Crippen LogP) is 3.27. The number of hydrogen-bond donors (Lipinski definition) is 2. The third-order valence-electron chi connectivity index (χ3n) is 5.69. The number of nitrogens with zero attached hydrogens (tertiary/aromatic N) is 2. The van der Waals surface area contributed by atoms with E-state index in [2.05, 4.69) is 15.6 Å². The van der Waals surface area contributed by atoms with E-state index in [0.29, 0.717) is 44.0 Å². The summed E-state index contributed by atoms with van der Waals surface area (Å²) in [6.07, 6.45) is 3.15. The molecule has 0 aliphatic carbocycles. The van der Waals surface area contributed by atoms with Gasteiger partial charge < -0.3 is 19.9 Å². The van der Waals surface area contributed by atoms with Gasteiger partial charge in [-0.15, -0.1) is 0 Å². The van der Waals surface area contributed by atoms with Crippen LogP contribution in [-0.4, -0.2) is 34.5 Å². The summed E-state index contributed by atoms with van der Waals surface area (Å²) in [4.78, 5) is 30.4. The highest BCUT2D eigenvalue weighted by Gasteiger charge is 2.27. The molecular weight excluding hydrogens is 404 g/mol. The van der Waals surface area contributed by atoms with Gasteiger partial charge in [0.15, 0.2) is 0 Å². The van der Waals surface area contributed by atoms with Crippen LogP contribution >= 0.6 is 0 Å². The first kappa shape index (κ1) is 21.8. The largest absolute Gasteiger partial charge is 0.373 e. The van der Waals surface area contributed by atoms with E-state index in [9.17, 15) is 9.59 Å². The Morgan fingerprint density at radius 3 is 2.69 bits per heavy atom. The molecule has 2 aromatic heterocycles. The monoisotopic (exact) mass is 432 g/mol. The zero-order chi connectivity index (χ0) is 22.3. The smallest absolute Gasteiger partial charge is 0.267 e. The van der Waals surface area contributed by atoms with Crippen LogP contribution in [0.4, 0.5) is 0 Å². The summed E-state index contributed by atoms with van der Waals surface area (Å²) in [5.74, 6) is -0.388. The number of ether oxygens (including phenoxy) is 1. The summed E-state index contributed by atoms with van der Waals surface area (Å²) in [5.41, 5.74) is 3.70. The van der Waals surface area contributed by atoms with Crippen LogP contribution in [0.2, 0.25) is 0 Å². The Morgan fingerprint density at radius 1 is 1.12 bits per heavy atom. The second kappa shape index (κ2) is 10.2. The van der Waals surface area contributed by atoms with Gasteiger partial charge in [0, 0.05) is 31.4 Å². The maximum absolute atomic E-state index is 13.2. The van der Waals surface area contributed by atoms with Crippen LogP contribution in [0.25, 0.3) is 0 Å². The van der Waals surface area contributed by atoms with Crippen LogP contribution in [0.15, 0.2) is 60.8 Å².